The summed E-state index contributed by atoms with van der Waals surface area (Å²) in [5, 5.41) is 3.43. The number of thiazole rings is 1. The summed E-state index contributed by atoms with van der Waals surface area (Å²) in [6, 6.07) is 17.2. The fraction of sp³-hybridized carbons (Fsp3) is 0.324. The first-order chi connectivity index (χ1) is 24.7. The van der Waals surface area contributed by atoms with Gasteiger partial charge in [-0.05, 0) is 97.3 Å². The molecule has 3 amide bonds. The molecule has 1 aromatic heterocycles. The average Bonchev–Trinajstić information content (AvgIpc) is 3.87. The molecular weight excluding hydrogens is 698 g/mol. The highest BCUT2D eigenvalue weighted by molar-refractivity contribution is 8.00. The minimum Gasteiger partial charge on any atom is -0.493 e. The van der Waals surface area contributed by atoms with Crippen molar-refractivity contribution in [2.45, 2.75) is 29.5 Å². The number of ether oxygens (including phenoxy) is 3. The minimum atomic E-state index is -0.502. The van der Waals surface area contributed by atoms with E-state index in [0.29, 0.717) is 28.4 Å². The maximum absolute atomic E-state index is 14.1. The molecule has 3 heterocycles. The molecule has 6 unspecified atom stereocenters. The molecule has 2 saturated carbocycles. The molecule has 3 fully saturated rings. The highest BCUT2D eigenvalue weighted by Gasteiger charge is 2.69. The first-order valence-electron chi connectivity index (χ1n) is 16.6. The quantitative estimate of drug-likeness (QED) is 0.170. The summed E-state index contributed by atoms with van der Waals surface area (Å²) in [6.45, 7) is 1.65. The summed E-state index contributed by atoms with van der Waals surface area (Å²) in [6.07, 6.45) is 0.724. The standard InChI is InChI=1S/C37H32FN3O8S2/c1-3-48-36(45)17-4-11-21(12-5-17)41-34(43)29-22-15-23(30(29)35(41)44)31-28(22)27(32-33(50-31)40-37(46)51-32)18-6-13-24(25(14-18)47-2)49-16-26(42)39-20-9-7-19(38)8-10-20/h4-14,22-23,27-31H,3,15-16H2,1-2H3,(H,39,42)(H,40,46)/t22?,23?,27-,28?,29?,30?,31?/m1/s1. The molecule has 3 aromatic carbocycles. The normalized spacial score (nSPS) is 25.6. The lowest BCUT2D eigenvalue weighted by Crippen LogP contribution is -2.42. The van der Waals surface area contributed by atoms with Gasteiger partial charge in [0.15, 0.2) is 18.1 Å². The Kier molecular flexibility index (Phi) is 8.45. The number of fused-ring (bicyclic) bond motifs is 9. The number of anilines is 2. The summed E-state index contributed by atoms with van der Waals surface area (Å²) in [5.74, 6) is -2.49. The zero-order chi connectivity index (χ0) is 35.6. The molecule has 4 aromatic rings. The van der Waals surface area contributed by atoms with Gasteiger partial charge in [-0.1, -0.05) is 17.4 Å². The van der Waals surface area contributed by atoms with Crippen LogP contribution in [0.4, 0.5) is 15.8 Å². The molecule has 14 heteroatoms. The van der Waals surface area contributed by atoms with Crippen LogP contribution in [0, 0.1) is 35.4 Å². The van der Waals surface area contributed by atoms with E-state index in [1.807, 2.05) is 12.1 Å². The number of esters is 1. The summed E-state index contributed by atoms with van der Waals surface area (Å²) < 4.78 is 29.9. The molecule has 4 aliphatic rings. The van der Waals surface area contributed by atoms with Gasteiger partial charge in [-0.3, -0.25) is 24.1 Å². The average molecular weight is 730 g/mol. The summed E-state index contributed by atoms with van der Waals surface area (Å²) in [4.78, 5) is 70.6. The fourth-order valence-electron chi connectivity index (χ4n) is 8.48. The lowest BCUT2D eigenvalue weighted by Gasteiger charge is -2.43. The van der Waals surface area contributed by atoms with E-state index in [0.717, 1.165) is 33.2 Å². The number of imide groups is 1. The van der Waals surface area contributed by atoms with E-state index >= 15 is 0 Å². The number of benzene rings is 3. The smallest absolute Gasteiger partial charge is 0.338 e. The Morgan fingerprint density at radius 3 is 2.39 bits per heavy atom. The number of halogens is 1. The van der Waals surface area contributed by atoms with Crippen molar-refractivity contribution in [2.24, 2.45) is 29.6 Å². The van der Waals surface area contributed by atoms with Gasteiger partial charge < -0.3 is 24.5 Å². The Morgan fingerprint density at radius 1 is 0.961 bits per heavy atom. The molecule has 2 aliphatic carbocycles. The van der Waals surface area contributed by atoms with Gasteiger partial charge in [0.25, 0.3) is 5.91 Å². The first kappa shape index (κ1) is 33.2. The summed E-state index contributed by atoms with van der Waals surface area (Å²) in [7, 11) is 1.50. The number of aromatic amines is 1. The van der Waals surface area contributed by atoms with Gasteiger partial charge in [0.2, 0.25) is 11.8 Å². The predicted molar refractivity (Wildman–Crippen MR) is 187 cm³/mol. The van der Waals surface area contributed by atoms with Crippen molar-refractivity contribution in [1.29, 1.82) is 0 Å². The molecule has 7 atom stereocenters. The molecule has 51 heavy (non-hydrogen) atoms. The van der Waals surface area contributed by atoms with Gasteiger partial charge >= 0.3 is 10.8 Å². The number of methoxy groups -OCH3 is 1. The molecule has 8 rings (SSSR count). The van der Waals surface area contributed by atoms with E-state index in [1.54, 1.807) is 49.0 Å². The van der Waals surface area contributed by atoms with Crippen molar-refractivity contribution in [3.63, 3.8) is 0 Å². The molecule has 2 bridgehead atoms. The lowest BCUT2D eigenvalue weighted by molar-refractivity contribution is -0.123. The molecular formula is C37H32FN3O8S2. The van der Waals surface area contributed by atoms with Crippen molar-refractivity contribution in [1.82, 2.24) is 4.98 Å². The van der Waals surface area contributed by atoms with E-state index in [-0.39, 0.29) is 58.8 Å². The number of hydrogen-bond donors (Lipinski definition) is 2. The van der Waals surface area contributed by atoms with Gasteiger partial charge in [-0.15, -0.1) is 11.8 Å². The van der Waals surface area contributed by atoms with Crippen LogP contribution in [0.1, 0.15) is 40.1 Å². The van der Waals surface area contributed by atoms with Crippen LogP contribution >= 0.6 is 23.1 Å². The molecule has 2 N–H and O–H groups in total. The number of hydrogen-bond acceptors (Lipinski definition) is 10. The number of nitrogens with zero attached hydrogens (tertiary/aromatic N) is 1. The summed E-state index contributed by atoms with van der Waals surface area (Å²) in [5.41, 5.74) is 2.07. The van der Waals surface area contributed by atoms with E-state index in [1.165, 1.54) is 36.3 Å². The Hall–Kier alpha value is -4.95. The SMILES string of the molecule is CCOC(=O)c1ccc(N2C(=O)C3C4CC(C3C2=O)C2C4Sc3[nH]c(=O)sc3[C@@H]2c2ccc(OCC(=O)Nc3ccc(F)cc3)c(OC)c2)cc1. The van der Waals surface area contributed by atoms with Crippen molar-refractivity contribution >= 4 is 58.2 Å². The number of nitrogens with one attached hydrogen (secondary N) is 2. The van der Waals surface area contributed by atoms with Crippen LogP contribution in [-0.4, -0.2) is 54.2 Å². The van der Waals surface area contributed by atoms with Crippen LogP contribution in [0.15, 0.2) is 76.6 Å². The zero-order valence-electron chi connectivity index (χ0n) is 27.4. The molecule has 0 spiro atoms. The van der Waals surface area contributed by atoms with Crippen molar-refractivity contribution < 1.29 is 37.8 Å². The number of amides is 3. The number of thioether (sulfide) groups is 1. The van der Waals surface area contributed by atoms with Crippen LogP contribution in [0.2, 0.25) is 0 Å². The number of carbonyl (C=O) groups is 4. The van der Waals surface area contributed by atoms with Gasteiger partial charge in [0, 0.05) is 21.7 Å². The zero-order valence-corrected chi connectivity index (χ0v) is 29.1. The third-order valence-electron chi connectivity index (χ3n) is 10.4. The summed E-state index contributed by atoms with van der Waals surface area (Å²) >= 11 is 2.75. The van der Waals surface area contributed by atoms with E-state index in [9.17, 15) is 28.4 Å². The van der Waals surface area contributed by atoms with Crippen LogP contribution in [0.3, 0.4) is 0 Å². The molecule has 2 aliphatic heterocycles. The fourth-order valence-corrected chi connectivity index (χ4v) is 11.4. The topological polar surface area (TPSA) is 144 Å². The lowest BCUT2D eigenvalue weighted by atomic mass is 9.68. The second-order valence-corrected chi connectivity index (χ2v) is 15.2. The van der Waals surface area contributed by atoms with Crippen LogP contribution < -0.4 is 24.6 Å². The predicted octanol–water partition coefficient (Wildman–Crippen LogP) is 5.46. The maximum atomic E-state index is 14.1. The van der Waals surface area contributed by atoms with Crippen molar-refractivity contribution in [3.8, 4) is 11.5 Å². The largest absolute Gasteiger partial charge is 0.493 e. The van der Waals surface area contributed by atoms with Gasteiger partial charge in [-0.2, -0.15) is 0 Å². The highest BCUT2D eigenvalue weighted by atomic mass is 32.2. The van der Waals surface area contributed by atoms with E-state index in [2.05, 4.69) is 10.3 Å². The number of rotatable bonds is 9. The van der Waals surface area contributed by atoms with Crippen LogP contribution in [0.5, 0.6) is 11.5 Å². The number of H-pyrrole nitrogens is 1. The van der Waals surface area contributed by atoms with Crippen LogP contribution in [0.25, 0.3) is 0 Å². The third-order valence-corrected chi connectivity index (χ3v) is 13.0. The second-order valence-electron chi connectivity index (χ2n) is 13.0. The van der Waals surface area contributed by atoms with Crippen molar-refractivity contribution in [2.75, 3.05) is 30.5 Å². The third kappa shape index (κ3) is 5.60. The van der Waals surface area contributed by atoms with Crippen molar-refractivity contribution in [3.05, 3.63) is 98.2 Å². The van der Waals surface area contributed by atoms with E-state index < -0.39 is 29.5 Å². The van der Waals surface area contributed by atoms with E-state index in [4.69, 9.17) is 14.2 Å². The molecule has 262 valence electrons. The number of aromatic nitrogens is 1. The second kappa shape index (κ2) is 13.0. The Morgan fingerprint density at radius 2 is 1.69 bits per heavy atom. The number of carbonyl (C=O) groups excluding carboxylic acids is 4. The maximum Gasteiger partial charge on any atom is 0.338 e. The Bertz CT molecular complexity index is 2120. The van der Waals surface area contributed by atoms with Crippen LogP contribution in [-0.2, 0) is 19.1 Å². The van der Waals surface area contributed by atoms with Gasteiger partial charge in [0.1, 0.15) is 5.82 Å². The Balaban J connectivity index is 1.07. The molecule has 1 saturated heterocycles. The first-order valence-corrected chi connectivity index (χ1v) is 18.3. The molecule has 11 nitrogen and oxygen atoms in total. The van der Waals surface area contributed by atoms with Gasteiger partial charge in [-0.25, -0.2) is 9.18 Å². The monoisotopic (exact) mass is 729 g/mol. The molecule has 0 radical (unpaired) electrons. The highest BCUT2D eigenvalue weighted by Crippen LogP contribution is 2.68. The van der Waals surface area contributed by atoms with Gasteiger partial charge in [0.05, 0.1) is 41.8 Å². The Labute approximate surface area is 299 Å². The minimum absolute atomic E-state index is 0.0148.